The Morgan fingerprint density at radius 1 is 1.00 bits per heavy atom. The first-order valence-electron chi connectivity index (χ1n) is 14.5. The summed E-state index contributed by atoms with van der Waals surface area (Å²) in [6, 6.07) is 0. The monoisotopic (exact) mass is 458 g/mol. The maximum atomic E-state index is 10.9. The molecule has 1 saturated heterocycles. The van der Waals surface area contributed by atoms with Crippen molar-refractivity contribution in [3.8, 4) is 0 Å². The van der Waals surface area contributed by atoms with Crippen molar-refractivity contribution in [2.45, 2.75) is 122 Å². The second-order valence-electron chi connectivity index (χ2n) is 13.3. The van der Waals surface area contributed by atoms with Gasteiger partial charge < -0.3 is 14.9 Å². The van der Waals surface area contributed by atoms with Gasteiger partial charge in [0.2, 0.25) is 0 Å². The van der Waals surface area contributed by atoms with Crippen molar-refractivity contribution in [3.63, 3.8) is 0 Å². The van der Waals surface area contributed by atoms with E-state index >= 15 is 0 Å². The second kappa shape index (κ2) is 9.25. The Morgan fingerprint density at radius 2 is 1.79 bits per heavy atom. The fourth-order valence-corrected chi connectivity index (χ4v) is 9.60. The Labute approximate surface area is 202 Å². The fraction of sp³-hybridized carbons (Fsp3) is 0.933. The van der Waals surface area contributed by atoms with Gasteiger partial charge in [-0.05, 0) is 118 Å². The number of ether oxygens (including phenoxy) is 1. The third-order valence-corrected chi connectivity index (χ3v) is 11.7. The van der Waals surface area contributed by atoms with Crippen molar-refractivity contribution in [2.75, 3.05) is 13.2 Å². The van der Waals surface area contributed by atoms with E-state index in [1.807, 2.05) is 0 Å². The minimum absolute atomic E-state index is 0.427. The van der Waals surface area contributed by atoms with Crippen LogP contribution in [0.3, 0.4) is 0 Å². The Bertz CT molecular complexity index is 724. The van der Waals surface area contributed by atoms with Crippen molar-refractivity contribution < 1.29 is 14.9 Å². The molecule has 0 unspecified atom stereocenters. The third-order valence-electron chi connectivity index (χ3n) is 11.7. The van der Waals surface area contributed by atoms with Crippen LogP contribution in [0.4, 0.5) is 0 Å². The van der Waals surface area contributed by atoms with Crippen molar-refractivity contribution in [1.29, 1.82) is 0 Å². The molecule has 5 aliphatic rings. The summed E-state index contributed by atoms with van der Waals surface area (Å²) < 4.78 is 5.46. The zero-order valence-electron chi connectivity index (χ0n) is 21.7. The van der Waals surface area contributed by atoms with Crippen LogP contribution >= 0.6 is 0 Å². The van der Waals surface area contributed by atoms with Gasteiger partial charge in [0.05, 0.1) is 11.2 Å². The molecule has 33 heavy (non-hydrogen) atoms. The van der Waals surface area contributed by atoms with Gasteiger partial charge in [0, 0.05) is 13.2 Å². The summed E-state index contributed by atoms with van der Waals surface area (Å²) in [7, 11) is 0. The van der Waals surface area contributed by atoms with E-state index < -0.39 is 11.2 Å². The molecule has 0 aromatic heterocycles. The largest absolute Gasteiger partial charge is 0.390 e. The van der Waals surface area contributed by atoms with Crippen LogP contribution in [0.5, 0.6) is 0 Å². The first-order valence-corrected chi connectivity index (χ1v) is 14.5. The lowest BCUT2D eigenvalue weighted by atomic mass is 9.50. The van der Waals surface area contributed by atoms with Crippen LogP contribution in [0.15, 0.2) is 11.6 Å². The lowest BCUT2D eigenvalue weighted by molar-refractivity contribution is -0.0707. The van der Waals surface area contributed by atoms with Crippen molar-refractivity contribution in [1.82, 2.24) is 0 Å². The predicted octanol–water partition coefficient (Wildman–Crippen LogP) is 6.66. The summed E-state index contributed by atoms with van der Waals surface area (Å²) in [6.45, 7) is 8.79. The van der Waals surface area contributed by atoms with Crippen LogP contribution < -0.4 is 0 Å². The van der Waals surface area contributed by atoms with Crippen LogP contribution in [0, 0.1) is 40.9 Å². The lowest BCUT2D eigenvalue weighted by Crippen LogP contribution is -2.48. The molecule has 0 bridgehead atoms. The SMILES string of the molecule is CC[C@]1(O)CC[C@H]2C(=CC[C@@H]3[C@@H]2CC[C@]2(C)[C@@H]([C@H](C)CCCC4(O)CCOCC4)CC[C@@H]32)C1. The average molecular weight is 459 g/mol. The van der Waals surface area contributed by atoms with E-state index in [1.54, 1.807) is 5.57 Å². The maximum Gasteiger partial charge on any atom is 0.0691 e. The highest BCUT2D eigenvalue weighted by molar-refractivity contribution is 5.22. The average Bonchev–Trinajstić information content (AvgIpc) is 3.16. The Kier molecular flexibility index (Phi) is 6.82. The molecule has 1 aliphatic heterocycles. The summed E-state index contributed by atoms with van der Waals surface area (Å²) in [6.07, 6.45) is 18.6. The quantitative estimate of drug-likeness (QED) is 0.437. The van der Waals surface area contributed by atoms with Crippen molar-refractivity contribution in [2.24, 2.45) is 40.9 Å². The molecule has 0 spiro atoms. The molecule has 188 valence electrons. The minimum Gasteiger partial charge on any atom is -0.390 e. The van der Waals surface area contributed by atoms with E-state index in [2.05, 4.69) is 26.8 Å². The molecular formula is C30H50O3. The van der Waals surface area contributed by atoms with Gasteiger partial charge >= 0.3 is 0 Å². The molecule has 0 aromatic carbocycles. The van der Waals surface area contributed by atoms with Gasteiger partial charge in [-0.15, -0.1) is 0 Å². The topological polar surface area (TPSA) is 49.7 Å². The number of fused-ring (bicyclic) bond motifs is 5. The number of hydrogen-bond acceptors (Lipinski definition) is 3. The molecule has 3 nitrogen and oxygen atoms in total. The molecular weight excluding hydrogens is 408 g/mol. The van der Waals surface area contributed by atoms with E-state index in [0.717, 1.165) is 93.7 Å². The Hall–Kier alpha value is -0.380. The van der Waals surface area contributed by atoms with Gasteiger partial charge in [0.25, 0.3) is 0 Å². The van der Waals surface area contributed by atoms with Crippen LogP contribution in [0.2, 0.25) is 0 Å². The van der Waals surface area contributed by atoms with Gasteiger partial charge in [-0.2, -0.15) is 0 Å². The lowest BCUT2D eigenvalue weighted by Gasteiger charge is -2.55. The molecule has 8 atom stereocenters. The summed E-state index contributed by atoms with van der Waals surface area (Å²) >= 11 is 0. The van der Waals surface area contributed by atoms with Crippen molar-refractivity contribution in [3.05, 3.63) is 11.6 Å². The van der Waals surface area contributed by atoms with Gasteiger partial charge in [-0.3, -0.25) is 0 Å². The van der Waals surface area contributed by atoms with Crippen LogP contribution in [0.25, 0.3) is 0 Å². The number of allylic oxidation sites excluding steroid dienone is 1. The summed E-state index contributed by atoms with van der Waals surface area (Å²) in [5.74, 6) is 5.04. The van der Waals surface area contributed by atoms with Crippen LogP contribution in [-0.2, 0) is 4.74 Å². The van der Waals surface area contributed by atoms with E-state index in [1.165, 1.54) is 44.9 Å². The molecule has 4 fully saturated rings. The molecule has 2 N–H and O–H groups in total. The zero-order chi connectivity index (χ0) is 23.3. The van der Waals surface area contributed by atoms with E-state index in [-0.39, 0.29) is 0 Å². The first kappa shape index (κ1) is 24.3. The molecule has 4 aliphatic carbocycles. The van der Waals surface area contributed by atoms with Crippen LogP contribution in [0.1, 0.15) is 111 Å². The molecule has 3 saturated carbocycles. The smallest absolute Gasteiger partial charge is 0.0691 e. The maximum absolute atomic E-state index is 10.9. The van der Waals surface area contributed by atoms with Crippen molar-refractivity contribution >= 4 is 0 Å². The molecule has 0 radical (unpaired) electrons. The Balaban J connectivity index is 1.21. The zero-order valence-corrected chi connectivity index (χ0v) is 21.7. The molecule has 1 heterocycles. The summed E-state index contributed by atoms with van der Waals surface area (Å²) in [5, 5.41) is 21.8. The van der Waals surface area contributed by atoms with Crippen LogP contribution in [-0.4, -0.2) is 34.6 Å². The molecule has 0 aromatic rings. The van der Waals surface area contributed by atoms with Gasteiger partial charge in [0.1, 0.15) is 0 Å². The standard InChI is InChI=1S/C30H50O3/c1-4-29(31)15-12-23-22(20-29)7-8-25-24(23)11-14-28(3)26(9-10-27(25)28)21(2)6-5-13-30(32)16-18-33-19-17-30/h7,21,23-27,31-32H,4-6,8-20H2,1-3H3/t21-,23+,24-,25-,26-,27+,28-,29+/m1/s1. The minimum atomic E-state index is -0.464. The number of hydrogen-bond donors (Lipinski definition) is 2. The summed E-state index contributed by atoms with van der Waals surface area (Å²) in [4.78, 5) is 0. The summed E-state index contributed by atoms with van der Waals surface area (Å²) in [5.41, 5.74) is 1.24. The number of rotatable bonds is 6. The Morgan fingerprint density at radius 3 is 2.55 bits per heavy atom. The van der Waals surface area contributed by atoms with E-state index in [4.69, 9.17) is 4.74 Å². The first-order chi connectivity index (χ1) is 15.8. The fourth-order valence-electron chi connectivity index (χ4n) is 9.60. The molecule has 5 rings (SSSR count). The second-order valence-corrected chi connectivity index (χ2v) is 13.3. The number of aliphatic hydroxyl groups is 2. The molecule has 3 heteroatoms. The molecule has 0 amide bonds. The van der Waals surface area contributed by atoms with E-state index in [9.17, 15) is 10.2 Å². The van der Waals surface area contributed by atoms with Gasteiger partial charge in [-0.25, -0.2) is 0 Å². The van der Waals surface area contributed by atoms with Gasteiger partial charge in [-0.1, -0.05) is 45.3 Å². The normalized spacial score (nSPS) is 45.5. The highest BCUT2D eigenvalue weighted by Gasteiger charge is 2.57. The van der Waals surface area contributed by atoms with E-state index in [0.29, 0.717) is 5.41 Å². The predicted molar refractivity (Wildman–Crippen MR) is 134 cm³/mol. The highest BCUT2D eigenvalue weighted by atomic mass is 16.5. The highest BCUT2D eigenvalue weighted by Crippen LogP contribution is 2.65. The third kappa shape index (κ3) is 4.49. The van der Waals surface area contributed by atoms with Gasteiger partial charge in [0.15, 0.2) is 0 Å².